The molecule has 2 rings (SSSR count). The molecule has 0 bridgehead atoms. The number of phenolic OH excluding ortho intramolecular Hbond substituents is 1. The molecule has 0 aliphatic carbocycles. The van der Waals surface area contributed by atoms with Crippen molar-refractivity contribution in [2.24, 2.45) is 0 Å². The van der Waals surface area contributed by atoms with E-state index in [1.54, 1.807) is 0 Å². The van der Waals surface area contributed by atoms with Crippen molar-refractivity contribution in [1.29, 1.82) is 0 Å². The van der Waals surface area contributed by atoms with Gasteiger partial charge in [-0.3, -0.25) is 0 Å². The number of benzene rings is 1. The fourth-order valence-electron chi connectivity index (χ4n) is 2.07. The lowest BCUT2D eigenvalue weighted by molar-refractivity contribution is 0.472. The van der Waals surface area contributed by atoms with Crippen LogP contribution in [0.2, 0.25) is 0 Å². The highest BCUT2D eigenvalue weighted by Gasteiger charge is 2.16. The Morgan fingerprint density at radius 1 is 1.43 bits per heavy atom. The van der Waals surface area contributed by atoms with Crippen LogP contribution in [-0.4, -0.2) is 11.7 Å². The SMILES string of the molecule is CCc1cc(O)cc(C2CCCN2)c1. The molecule has 76 valence electrons. The van der Waals surface area contributed by atoms with E-state index < -0.39 is 0 Å². The van der Waals surface area contributed by atoms with Gasteiger partial charge in [0.25, 0.3) is 0 Å². The van der Waals surface area contributed by atoms with E-state index in [0.29, 0.717) is 11.8 Å². The second-order valence-corrected chi connectivity index (χ2v) is 3.94. The third-order valence-electron chi connectivity index (χ3n) is 2.87. The van der Waals surface area contributed by atoms with Gasteiger partial charge in [-0.25, -0.2) is 0 Å². The largest absolute Gasteiger partial charge is 0.508 e. The highest BCUT2D eigenvalue weighted by atomic mass is 16.3. The van der Waals surface area contributed by atoms with Crippen molar-refractivity contribution < 1.29 is 5.11 Å². The van der Waals surface area contributed by atoms with E-state index in [1.165, 1.54) is 24.0 Å². The van der Waals surface area contributed by atoms with Gasteiger partial charge in [-0.05, 0) is 49.1 Å². The Hall–Kier alpha value is -1.02. The quantitative estimate of drug-likeness (QED) is 0.752. The molecular weight excluding hydrogens is 174 g/mol. The van der Waals surface area contributed by atoms with Gasteiger partial charge in [0.1, 0.15) is 5.75 Å². The first-order chi connectivity index (χ1) is 6.79. The van der Waals surface area contributed by atoms with Gasteiger partial charge in [0.2, 0.25) is 0 Å². The van der Waals surface area contributed by atoms with Gasteiger partial charge in [0.15, 0.2) is 0 Å². The third-order valence-corrected chi connectivity index (χ3v) is 2.87. The zero-order chi connectivity index (χ0) is 9.97. The Labute approximate surface area is 85.0 Å². The first-order valence-electron chi connectivity index (χ1n) is 5.36. The smallest absolute Gasteiger partial charge is 0.116 e. The predicted molar refractivity (Wildman–Crippen MR) is 57.5 cm³/mol. The van der Waals surface area contributed by atoms with Crippen LogP contribution < -0.4 is 5.32 Å². The van der Waals surface area contributed by atoms with Gasteiger partial charge in [0.05, 0.1) is 0 Å². The van der Waals surface area contributed by atoms with E-state index >= 15 is 0 Å². The molecule has 0 spiro atoms. The van der Waals surface area contributed by atoms with Crippen LogP contribution in [-0.2, 0) is 6.42 Å². The molecule has 1 atom stereocenters. The van der Waals surface area contributed by atoms with Crippen LogP contribution in [0.5, 0.6) is 5.75 Å². The average Bonchev–Trinajstić information content (AvgIpc) is 2.69. The minimum absolute atomic E-state index is 0.396. The van der Waals surface area contributed by atoms with Crippen molar-refractivity contribution in [2.45, 2.75) is 32.2 Å². The first kappa shape index (κ1) is 9.53. The lowest BCUT2D eigenvalue weighted by atomic mass is 10.0. The third kappa shape index (κ3) is 1.90. The zero-order valence-electron chi connectivity index (χ0n) is 8.59. The van der Waals surface area contributed by atoms with E-state index in [0.717, 1.165) is 13.0 Å². The summed E-state index contributed by atoms with van der Waals surface area (Å²) in [4.78, 5) is 0. The number of phenols is 1. The van der Waals surface area contributed by atoms with E-state index in [1.807, 2.05) is 12.1 Å². The molecule has 0 radical (unpaired) electrons. The molecule has 1 aliphatic rings. The Bertz CT molecular complexity index is 316. The molecule has 0 amide bonds. The van der Waals surface area contributed by atoms with E-state index in [9.17, 15) is 5.11 Å². The van der Waals surface area contributed by atoms with Crippen LogP contribution in [0.1, 0.15) is 36.9 Å². The Morgan fingerprint density at radius 3 is 2.93 bits per heavy atom. The second-order valence-electron chi connectivity index (χ2n) is 3.94. The summed E-state index contributed by atoms with van der Waals surface area (Å²) < 4.78 is 0. The fourth-order valence-corrected chi connectivity index (χ4v) is 2.07. The first-order valence-corrected chi connectivity index (χ1v) is 5.36. The molecule has 1 unspecified atom stereocenters. The van der Waals surface area contributed by atoms with Crippen molar-refractivity contribution in [1.82, 2.24) is 5.32 Å². The van der Waals surface area contributed by atoms with Gasteiger partial charge in [-0.15, -0.1) is 0 Å². The zero-order valence-corrected chi connectivity index (χ0v) is 8.59. The van der Waals surface area contributed by atoms with Crippen molar-refractivity contribution in [3.8, 4) is 5.75 Å². The normalized spacial score (nSPS) is 21.4. The van der Waals surface area contributed by atoms with Gasteiger partial charge in [0, 0.05) is 6.04 Å². The van der Waals surface area contributed by atoms with Gasteiger partial charge in [-0.1, -0.05) is 13.0 Å². The summed E-state index contributed by atoms with van der Waals surface area (Å²) in [7, 11) is 0. The minimum Gasteiger partial charge on any atom is -0.508 e. The summed E-state index contributed by atoms with van der Waals surface area (Å²) in [5.41, 5.74) is 2.45. The molecule has 1 saturated heterocycles. The second kappa shape index (κ2) is 4.01. The van der Waals surface area contributed by atoms with Crippen LogP contribution in [0.4, 0.5) is 0 Å². The Kier molecular flexibility index (Phi) is 2.73. The van der Waals surface area contributed by atoms with Crippen LogP contribution in [0.3, 0.4) is 0 Å². The van der Waals surface area contributed by atoms with Crippen molar-refractivity contribution in [3.63, 3.8) is 0 Å². The number of nitrogens with one attached hydrogen (secondary N) is 1. The monoisotopic (exact) mass is 191 g/mol. The Morgan fingerprint density at radius 2 is 2.29 bits per heavy atom. The summed E-state index contributed by atoms with van der Waals surface area (Å²) in [6, 6.07) is 6.37. The van der Waals surface area contributed by atoms with Crippen LogP contribution >= 0.6 is 0 Å². The molecule has 1 heterocycles. The summed E-state index contributed by atoms with van der Waals surface area (Å²) >= 11 is 0. The van der Waals surface area contributed by atoms with Crippen LogP contribution in [0.25, 0.3) is 0 Å². The van der Waals surface area contributed by atoms with E-state index in [2.05, 4.69) is 18.3 Å². The summed E-state index contributed by atoms with van der Waals surface area (Å²) in [6.07, 6.45) is 3.41. The number of hydrogen-bond donors (Lipinski definition) is 2. The summed E-state index contributed by atoms with van der Waals surface area (Å²) in [5.74, 6) is 0.396. The van der Waals surface area contributed by atoms with Gasteiger partial charge < -0.3 is 10.4 Å². The van der Waals surface area contributed by atoms with Crippen LogP contribution in [0.15, 0.2) is 18.2 Å². The standard InChI is InChI=1S/C12H17NO/c1-2-9-6-10(8-11(14)7-9)12-4-3-5-13-12/h6-8,12-14H,2-5H2,1H3. The van der Waals surface area contributed by atoms with Crippen molar-refractivity contribution >= 4 is 0 Å². The topological polar surface area (TPSA) is 32.3 Å². The molecular formula is C12H17NO. The molecule has 14 heavy (non-hydrogen) atoms. The predicted octanol–water partition coefficient (Wildman–Crippen LogP) is 2.38. The maximum atomic E-state index is 9.56. The Balaban J connectivity index is 2.27. The molecule has 2 heteroatoms. The average molecular weight is 191 g/mol. The summed E-state index contributed by atoms with van der Waals surface area (Å²) in [6.45, 7) is 3.21. The van der Waals surface area contributed by atoms with Crippen LogP contribution in [0, 0.1) is 0 Å². The fraction of sp³-hybridized carbons (Fsp3) is 0.500. The van der Waals surface area contributed by atoms with Crippen molar-refractivity contribution in [2.75, 3.05) is 6.54 Å². The number of rotatable bonds is 2. The molecule has 0 aromatic heterocycles. The molecule has 1 fully saturated rings. The molecule has 1 aromatic carbocycles. The minimum atomic E-state index is 0.396. The molecule has 1 aliphatic heterocycles. The highest BCUT2D eigenvalue weighted by molar-refractivity contribution is 5.35. The van der Waals surface area contributed by atoms with E-state index in [-0.39, 0.29) is 0 Å². The molecule has 2 N–H and O–H groups in total. The molecule has 1 aromatic rings. The maximum absolute atomic E-state index is 9.56. The molecule has 2 nitrogen and oxygen atoms in total. The van der Waals surface area contributed by atoms with Crippen molar-refractivity contribution in [3.05, 3.63) is 29.3 Å². The highest BCUT2D eigenvalue weighted by Crippen LogP contribution is 2.27. The number of aromatic hydroxyl groups is 1. The summed E-state index contributed by atoms with van der Waals surface area (Å²) in [5, 5.41) is 13.0. The van der Waals surface area contributed by atoms with Gasteiger partial charge >= 0.3 is 0 Å². The molecule has 0 saturated carbocycles. The lowest BCUT2D eigenvalue weighted by Gasteiger charge is -2.12. The van der Waals surface area contributed by atoms with E-state index in [4.69, 9.17) is 0 Å². The maximum Gasteiger partial charge on any atom is 0.116 e. The lowest BCUT2D eigenvalue weighted by Crippen LogP contribution is -2.12. The van der Waals surface area contributed by atoms with Gasteiger partial charge in [-0.2, -0.15) is 0 Å². The number of aryl methyl sites for hydroxylation is 1. The number of hydrogen-bond acceptors (Lipinski definition) is 2.